The Kier molecular flexibility index (Phi) is 6.53. The molecule has 1 aromatic carbocycles. The lowest BCUT2D eigenvalue weighted by molar-refractivity contribution is 0.328. The van der Waals surface area contributed by atoms with Crippen LogP contribution >= 0.6 is 11.6 Å². The Morgan fingerprint density at radius 1 is 1.48 bits per heavy atom. The lowest BCUT2D eigenvalue weighted by atomic mass is 10.3. The van der Waals surface area contributed by atoms with E-state index in [-0.39, 0.29) is 17.5 Å². The van der Waals surface area contributed by atoms with Gasteiger partial charge in [-0.05, 0) is 31.5 Å². The smallest absolute Gasteiger partial charge is 0.191 e. The fourth-order valence-corrected chi connectivity index (χ4v) is 4.15. The molecule has 8 heteroatoms. The molecule has 0 radical (unpaired) electrons. The van der Waals surface area contributed by atoms with Gasteiger partial charge in [0.05, 0.1) is 18.1 Å². The van der Waals surface area contributed by atoms with Crippen molar-refractivity contribution in [2.45, 2.75) is 19.4 Å². The number of ether oxygens (including phenoxy) is 1. The van der Waals surface area contributed by atoms with Crippen molar-refractivity contribution in [2.75, 3.05) is 31.2 Å². The summed E-state index contributed by atoms with van der Waals surface area (Å²) in [4.78, 5) is 4.40. The highest BCUT2D eigenvalue weighted by atomic mass is 35.5. The lowest BCUT2D eigenvalue weighted by Gasteiger charge is -2.15. The third kappa shape index (κ3) is 6.27. The maximum atomic E-state index is 11.5. The van der Waals surface area contributed by atoms with Crippen LogP contribution in [0.1, 0.15) is 13.3 Å². The summed E-state index contributed by atoms with van der Waals surface area (Å²) in [5.74, 6) is 1.72. The van der Waals surface area contributed by atoms with Crippen molar-refractivity contribution >= 4 is 27.4 Å². The van der Waals surface area contributed by atoms with Crippen molar-refractivity contribution in [1.29, 1.82) is 0 Å². The first-order chi connectivity index (χ1) is 11.0. The first kappa shape index (κ1) is 17.9. The van der Waals surface area contributed by atoms with Crippen LogP contribution in [0.2, 0.25) is 5.02 Å². The van der Waals surface area contributed by atoms with E-state index in [2.05, 4.69) is 15.6 Å². The molecule has 1 unspecified atom stereocenters. The Hall–Kier alpha value is -1.47. The number of nitrogens with one attached hydrogen (secondary N) is 2. The molecule has 1 aliphatic rings. The lowest BCUT2D eigenvalue weighted by Crippen LogP contribution is -2.44. The number of halogens is 1. The summed E-state index contributed by atoms with van der Waals surface area (Å²) in [6, 6.07) is 7.12. The van der Waals surface area contributed by atoms with Gasteiger partial charge < -0.3 is 15.4 Å². The molecule has 6 nitrogen and oxygen atoms in total. The molecule has 1 atom stereocenters. The average Bonchev–Trinajstić information content (AvgIpc) is 2.83. The molecule has 1 saturated heterocycles. The summed E-state index contributed by atoms with van der Waals surface area (Å²) in [7, 11) is -2.90. The molecule has 1 fully saturated rings. The van der Waals surface area contributed by atoms with E-state index in [0.717, 1.165) is 0 Å². The number of hydrogen-bond acceptors (Lipinski definition) is 4. The van der Waals surface area contributed by atoms with Gasteiger partial charge in [0.2, 0.25) is 0 Å². The van der Waals surface area contributed by atoms with E-state index in [9.17, 15) is 8.42 Å². The van der Waals surface area contributed by atoms with Crippen molar-refractivity contribution in [1.82, 2.24) is 10.6 Å². The average molecular weight is 360 g/mol. The largest absolute Gasteiger partial charge is 0.492 e. The molecular weight excluding hydrogens is 338 g/mol. The van der Waals surface area contributed by atoms with E-state index in [1.54, 1.807) is 12.1 Å². The minimum Gasteiger partial charge on any atom is -0.492 e. The number of nitrogens with zero attached hydrogens (tertiary/aromatic N) is 1. The van der Waals surface area contributed by atoms with Gasteiger partial charge in [-0.2, -0.15) is 0 Å². The summed E-state index contributed by atoms with van der Waals surface area (Å²) < 4.78 is 28.6. The number of benzene rings is 1. The normalized spacial score (nSPS) is 20.3. The molecule has 1 aromatic rings. The molecule has 0 spiro atoms. The first-order valence-corrected chi connectivity index (χ1v) is 9.82. The summed E-state index contributed by atoms with van der Waals surface area (Å²) >= 11 is 5.89. The van der Waals surface area contributed by atoms with Crippen LogP contribution in [0.15, 0.2) is 29.3 Å². The van der Waals surface area contributed by atoms with Crippen LogP contribution < -0.4 is 15.4 Å². The Balaban J connectivity index is 1.81. The minimum atomic E-state index is -2.90. The highest BCUT2D eigenvalue weighted by molar-refractivity contribution is 7.91. The Morgan fingerprint density at radius 2 is 2.30 bits per heavy atom. The summed E-state index contributed by atoms with van der Waals surface area (Å²) in [6.07, 6.45) is 0.617. The van der Waals surface area contributed by atoms with Crippen molar-refractivity contribution in [3.05, 3.63) is 29.3 Å². The molecule has 23 heavy (non-hydrogen) atoms. The Bertz CT molecular complexity index is 649. The highest BCUT2D eigenvalue weighted by Gasteiger charge is 2.28. The maximum absolute atomic E-state index is 11.5. The molecule has 128 valence electrons. The van der Waals surface area contributed by atoms with E-state index in [4.69, 9.17) is 16.3 Å². The molecule has 0 aliphatic carbocycles. The van der Waals surface area contributed by atoms with Crippen molar-refractivity contribution < 1.29 is 13.2 Å². The number of hydrogen-bond donors (Lipinski definition) is 2. The van der Waals surface area contributed by atoms with Crippen LogP contribution in [0, 0.1) is 0 Å². The summed E-state index contributed by atoms with van der Waals surface area (Å²) in [5, 5.41) is 6.90. The van der Waals surface area contributed by atoms with E-state index in [1.807, 2.05) is 19.1 Å². The summed E-state index contributed by atoms with van der Waals surface area (Å²) in [5.41, 5.74) is 0. The molecule has 0 amide bonds. The van der Waals surface area contributed by atoms with E-state index in [0.29, 0.717) is 42.8 Å². The fraction of sp³-hybridized carbons (Fsp3) is 0.533. The standard InChI is InChI=1S/C15H22ClN3O3S/c1-2-17-15(19-13-6-9-23(20,21)11-13)18-7-8-22-14-5-3-4-12(16)10-14/h3-5,10,13H,2,6-9,11H2,1H3,(H2,17,18,19). The van der Waals surface area contributed by atoms with Crippen LogP contribution in [0.25, 0.3) is 0 Å². The predicted molar refractivity (Wildman–Crippen MR) is 93.1 cm³/mol. The zero-order valence-corrected chi connectivity index (χ0v) is 14.7. The number of guanidine groups is 1. The Labute approximate surface area is 142 Å². The molecule has 2 N–H and O–H groups in total. The van der Waals surface area contributed by atoms with Gasteiger partial charge in [0.1, 0.15) is 12.4 Å². The molecule has 0 bridgehead atoms. The minimum absolute atomic E-state index is 0.0772. The molecule has 0 aromatic heterocycles. The number of aliphatic imine (C=N–C) groups is 1. The highest BCUT2D eigenvalue weighted by Crippen LogP contribution is 2.16. The second-order valence-electron chi connectivity index (χ2n) is 5.31. The quantitative estimate of drug-likeness (QED) is 0.456. The van der Waals surface area contributed by atoms with Gasteiger partial charge >= 0.3 is 0 Å². The fourth-order valence-electron chi connectivity index (χ4n) is 2.30. The maximum Gasteiger partial charge on any atom is 0.191 e. The van der Waals surface area contributed by atoms with Crippen LogP contribution in [0.3, 0.4) is 0 Å². The van der Waals surface area contributed by atoms with E-state index >= 15 is 0 Å². The SMILES string of the molecule is CCNC(=NCCOc1cccc(Cl)c1)NC1CCS(=O)(=O)C1. The van der Waals surface area contributed by atoms with Crippen LogP contribution in [0.5, 0.6) is 5.75 Å². The van der Waals surface area contributed by atoms with Crippen LogP contribution in [0.4, 0.5) is 0 Å². The topological polar surface area (TPSA) is 79.8 Å². The monoisotopic (exact) mass is 359 g/mol. The number of sulfone groups is 1. The molecular formula is C15H22ClN3O3S. The van der Waals surface area contributed by atoms with Crippen molar-refractivity contribution in [3.8, 4) is 5.75 Å². The zero-order valence-electron chi connectivity index (χ0n) is 13.1. The van der Waals surface area contributed by atoms with Gasteiger partial charge in [-0.3, -0.25) is 0 Å². The number of rotatable bonds is 6. The van der Waals surface area contributed by atoms with Crippen LogP contribution in [-0.4, -0.2) is 51.6 Å². The van der Waals surface area contributed by atoms with Gasteiger partial charge in [0.25, 0.3) is 0 Å². The molecule has 1 aliphatic heterocycles. The van der Waals surface area contributed by atoms with Crippen molar-refractivity contribution in [2.24, 2.45) is 4.99 Å². The van der Waals surface area contributed by atoms with Gasteiger partial charge in [-0.25, -0.2) is 13.4 Å². The predicted octanol–water partition coefficient (Wildman–Crippen LogP) is 1.46. The van der Waals surface area contributed by atoms with E-state index < -0.39 is 9.84 Å². The van der Waals surface area contributed by atoms with Gasteiger partial charge in [0, 0.05) is 17.6 Å². The van der Waals surface area contributed by atoms with E-state index in [1.165, 1.54) is 0 Å². The summed E-state index contributed by atoms with van der Waals surface area (Å²) in [6.45, 7) is 3.55. The third-order valence-electron chi connectivity index (χ3n) is 3.34. The zero-order chi connectivity index (χ0) is 16.7. The van der Waals surface area contributed by atoms with Crippen LogP contribution in [-0.2, 0) is 9.84 Å². The Morgan fingerprint density at radius 3 is 2.96 bits per heavy atom. The molecule has 2 rings (SSSR count). The molecule has 0 saturated carbocycles. The van der Waals surface area contributed by atoms with Crippen molar-refractivity contribution in [3.63, 3.8) is 0 Å². The first-order valence-electron chi connectivity index (χ1n) is 7.62. The van der Waals surface area contributed by atoms with Gasteiger partial charge in [0.15, 0.2) is 15.8 Å². The molecule has 1 heterocycles. The third-order valence-corrected chi connectivity index (χ3v) is 5.35. The van der Waals surface area contributed by atoms with Gasteiger partial charge in [-0.15, -0.1) is 0 Å². The second-order valence-corrected chi connectivity index (χ2v) is 7.98. The second kappa shape index (κ2) is 8.40. The van der Waals surface area contributed by atoms with Gasteiger partial charge in [-0.1, -0.05) is 17.7 Å².